The number of hydrogen-bond donors (Lipinski definition) is 2. The largest absolute Gasteiger partial charge is 0.480 e. The molecule has 0 bridgehead atoms. The van der Waals surface area contributed by atoms with Gasteiger partial charge in [0.25, 0.3) is 0 Å². The van der Waals surface area contributed by atoms with E-state index >= 15 is 0 Å². The molecule has 1 amide bonds. The van der Waals surface area contributed by atoms with Crippen molar-refractivity contribution < 1.29 is 23.1 Å². The summed E-state index contributed by atoms with van der Waals surface area (Å²) in [6, 6.07) is 2.80. The third-order valence-corrected chi connectivity index (χ3v) is 5.59. The second-order valence-corrected chi connectivity index (χ2v) is 7.46. The zero-order valence-corrected chi connectivity index (χ0v) is 13.2. The van der Waals surface area contributed by atoms with Gasteiger partial charge in [-0.1, -0.05) is 15.9 Å². The Balaban J connectivity index is 2.49. The van der Waals surface area contributed by atoms with Crippen LogP contribution in [0.15, 0.2) is 27.6 Å². The Bertz CT molecular complexity index is 704. The number of carboxylic acid groups (broad SMARTS) is 1. The van der Waals surface area contributed by atoms with Crippen LogP contribution < -0.4 is 5.73 Å². The van der Waals surface area contributed by atoms with E-state index in [1.54, 1.807) is 0 Å². The summed E-state index contributed by atoms with van der Waals surface area (Å²) in [4.78, 5) is 22.2. The fourth-order valence-corrected chi connectivity index (χ4v) is 4.63. The standard InChI is InChI=1S/C12H13BrN2O5S/c13-8-4-7(11(14)16)5-9(6-8)21(19,20)15-3-1-2-10(15)12(17)18/h4-6,10H,1-3H2,(H2,14,16)(H,17,18). The Morgan fingerprint density at radius 3 is 2.57 bits per heavy atom. The Kier molecular flexibility index (Phi) is 4.35. The van der Waals surface area contributed by atoms with E-state index in [-0.39, 0.29) is 23.4 Å². The van der Waals surface area contributed by atoms with Gasteiger partial charge in [-0.15, -0.1) is 0 Å². The normalized spacial score (nSPS) is 19.6. The van der Waals surface area contributed by atoms with E-state index < -0.39 is 27.9 Å². The maximum Gasteiger partial charge on any atom is 0.322 e. The van der Waals surface area contributed by atoms with Gasteiger partial charge in [-0.05, 0) is 31.0 Å². The van der Waals surface area contributed by atoms with E-state index in [1.165, 1.54) is 12.1 Å². The number of rotatable bonds is 4. The molecule has 3 N–H and O–H groups in total. The smallest absolute Gasteiger partial charge is 0.322 e. The number of sulfonamides is 1. The molecule has 1 aliphatic heterocycles. The van der Waals surface area contributed by atoms with Crippen molar-refractivity contribution in [2.75, 3.05) is 6.54 Å². The minimum atomic E-state index is -4.00. The number of carboxylic acids is 1. The van der Waals surface area contributed by atoms with Gasteiger partial charge in [0.1, 0.15) is 6.04 Å². The Hall–Kier alpha value is -1.45. The first kappa shape index (κ1) is 15.9. The molecule has 2 rings (SSSR count). The fourth-order valence-electron chi connectivity index (χ4n) is 2.26. The molecule has 7 nitrogen and oxygen atoms in total. The quantitative estimate of drug-likeness (QED) is 0.804. The van der Waals surface area contributed by atoms with Gasteiger partial charge in [0.05, 0.1) is 4.90 Å². The Morgan fingerprint density at radius 2 is 2.00 bits per heavy atom. The molecule has 1 unspecified atom stereocenters. The highest BCUT2D eigenvalue weighted by molar-refractivity contribution is 9.10. The van der Waals surface area contributed by atoms with E-state index in [0.717, 1.165) is 10.4 Å². The third-order valence-electron chi connectivity index (χ3n) is 3.25. The van der Waals surface area contributed by atoms with Gasteiger partial charge in [0.2, 0.25) is 15.9 Å². The van der Waals surface area contributed by atoms with E-state index in [4.69, 9.17) is 10.8 Å². The molecule has 1 aromatic rings. The lowest BCUT2D eigenvalue weighted by Crippen LogP contribution is -2.40. The third kappa shape index (κ3) is 3.09. The monoisotopic (exact) mass is 376 g/mol. The summed E-state index contributed by atoms with van der Waals surface area (Å²) in [5.74, 6) is -1.94. The highest BCUT2D eigenvalue weighted by atomic mass is 79.9. The van der Waals surface area contributed by atoms with Gasteiger partial charge >= 0.3 is 5.97 Å². The second-order valence-electron chi connectivity index (χ2n) is 4.65. The number of benzene rings is 1. The lowest BCUT2D eigenvalue weighted by atomic mass is 10.2. The number of amides is 1. The Morgan fingerprint density at radius 1 is 1.33 bits per heavy atom. The van der Waals surface area contributed by atoms with Gasteiger partial charge in [-0.25, -0.2) is 8.42 Å². The summed E-state index contributed by atoms with van der Waals surface area (Å²) in [7, 11) is -4.00. The summed E-state index contributed by atoms with van der Waals surface area (Å²) in [5.41, 5.74) is 5.20. The molecule has 1 saturated heterocycles. The van der Waals surface area contributed by atoms with Crippen molar-refractivity contribution in [2.24, 2.45) is 5.73 Å². The van der Waals surface area contributed by atoms with Gasteiger partial charge in [0.15, 0.2) is 0 Å². The van der Waals surface area contributed by atoms with Crippen molar-refractivity contribution in [3.63, 3.8) is 0 Å². The van der Waals surface area contributed by atoms with Crippen LogP contribution in [0.3, 0.4) is 0 Å². The van der Waals surface area contributed by atoms with Gasteiger partial charge in [-0.3, -0.25) is 9.59 Å². The number of hydrogen-bond acceptors (Lipinski definition) is 4. The fraction of sp³-hybridized carbons (Fsp3) is 0.333. The molecular weight excluding hydrogens is 364 g/mol. The molecule has 1 heterocycles. The van der Waals surface area contributed by atoms with Gasteiger partial charge in [-0.2, -0.15) is 4.31 Å². The molecule has 1 aliphatic rings. The zero-order valence-electron chi connectivity index (χ0n) is 10.8. The molecular formula is C12H13BrN2O5S. The maximum atomic E-state index is 12.6. The summed E-state index contributed by atoms with van der Waals surface area (Å²) in [6.07, 6.45) is 0.748. The second kappa shape index (κ2) is 5.74. The van der Waals surface area contributed by atoms with Crippen LogP contribution in [0.25, 0.3) is 0 Å². The van der Waals surface area contributed by atoms with E-state index in [9.17, 15) is 18.0 Å². The van der Waals surface area contributed by atoms with E-state index in [2.05, 4.69) is 15.9 Å². The predicted octanol–water partition coefficient (Wildman–Crippen LogP) is 0.786. The SMILES string of the molecule is NC(=O)c1cc(Br)cc(S(=O)(=O)N2CCCC2C(=O)O)c1. The van der Waals surface area contributed by atoms with Crippen molar-refractivity contribution in [1.29, 1.82) is 0 Å². The van der Waals surface area contributed by atoms with Gasteiger partial charge < -0.3 is 10.8 Å². The van der Waals surface area contributed by atoms with Crippen molar-refractivity contribution in [1.82, 2.24) is 4.31 Å². The number of nitrogens with two attached hydrogens (primary N) is 1. The lowest BCUT2D eigenvalue weighted by molar-refractivity contribution is -0.140. The molecule has 114 valence electrons. The van der Waals surface area contributed by atoms with Crippen LogP contribution in [0, 0.1) is 0 Å². The molecule has 1 aromatic carbocycles. The predicted molar refractivity (Wildman–Crippen MR) is 77.2 cm³/mol. The molecule has 0 saturated carbocycles. The molecule has 9 heteroatoms. The van der Waals surface area contributed by atoms with Crippen molar-refractivity contribution in [2.45, 2.75) is 23.8 Å². The molecule has 0 aliphatic carbocycles. The van der Waals surface area contributed by atoms with Crippen LogP contribution in [0.5, 0.6) is 0 Å². The van der Waals surface area contributed by atoms with Crippen LogP contribution >= 0.6 is 15.9 Å². The van der Waals surface area contributed by atoms with Crippen molar-refractivity contribution in [3.8, 4) is 0 Å². The molecule has 1 atom stereocenters. The summed E-state index contributed by atoms with van der Waals surface area (Å²) in [5, 5.41) is 9.10. The first-order valence-electron chi connectivity index (χ1n) is 6.08. The topological polar surface area (TPSA) is 118 Å². The van der Waals surface area contributed by atoms with Crippen LogP contribution in [-0.2, 0) is 14.8 Å². The minimum absolute atomic E-state index is 0.0361. The minimum Gasteiger partial charge on any atom is -0.480 e. The Labute approximate surface area is 129 Å². The zero-order chi connectivity index (χ0) is 15.8. The summed E-state index contributed by atoms with van der Waals surface area (Å²) < 4.78 is 26.5. The maximum absolute atomic E-state index is 12.6. The number of carbonyl (C=O) groups is 2. The van der Waals surface area contributed by atoms with Crippen LogP contribution in [0.1, 0.15) is 23.2 Å². The first-order valence-corrected chi connectivity index (χ1v) is 8.32. The number of primary amides is 1. The summed E-state index contributed by atoms with van der Waals surface area (Å²) >= 11 is 3.12. The molecule has 21 heavy (non-hydrogen) atoms. The van der Waals surface area contributed by atoms with Crippen LogP contribution in [-0.4, -0.2) is 42.3 Å². The van der Waals surface area contributed by atoms with Gasteiger partial charge in [0, 0.05) is 16.6 Å². The summed E-state index contributed by atoms with van der Waals surface area (Å²) in [6.45, 7) is 0.137. The number of nitrogens with zero attached hydrogens (tertiary/aromatic N) is 1. The number of aliphatic carboxylic acids is 1. The lowest BCUT2D eigenvalue weighted by Gasteiger charge is -2.21. The average Bonchev–Trinajstić information content (AvgIpc) is 2.87. The molecule has 0 radical (unpaired) electrons. The van der Waals surface area contributed by atoms with Crippen molar-refractivity contribution in [3.05, 3.63) is 28.2 Å². The average molecular weight is 377 g/mol. The van der Waals surface area contributed by atoms with Crippen LogP contribution in [0.2, 0.25) is 0 Å². The molecule has 0 spiro atoms. The molecule has 1 fully saturated rings. The highest BCUT2D eigenvalue weighted by Crippen LogP contribution is 2.28. The molecule has 0 aromatic heterocycles. The van der Waals surface area contributed by atoms with Crippen molar-refractivity contribution >= 4 is 37.8 Å². The highest BCUT2D eigenvalue weighted by Gasteiger charge is 2.39. The number of carbonyl (C=O) groups excluding carboxylic acids is 1. The van der Waals surface area contributed by atoms with E-state index in [0.29, 0.717) is 10.9 Å². The van der Waals surface area contributed by atoms with E-state index in [1.807, 2.05) is 0 Å². The number of halogens is 1. The first-order chi connectivity index (χ1) is 9.73. The van der Waals surface area contributed by atoms with Crippen LogP contribution in [0.4, 0.5) is 0 Å².